The number of hydrogen-bond donors (Lipinski definition) is 2. The third kappa shape index (κ3) is 3.46. The summed E-state index contributed by atoms with van der Waals surface area (Å²) in [5.41, 5.74) is 3.54. The summed E-state index contributed by atoms with van der Waals surface area (Å²) < 4.78 is 2.03. The number of carbonyl (C=O) groups is 1. The van der Waals surface area contributed by atoms with Gasteiger partial charge in [0.1, 0.15) is 0 Å². The summed E-state index contributed by atoms with van der Waals surface area (Å²) in [5.74, 6) is -0.843. The van der Waals surface area contributed by atoms with Crippen LogP contribution in [0, 0.1) is 19.8 Å². The number of aryl methyl sites for hydroxylation is 2. The van der Waals surface area contributed by atoms with Crippen LogP contribution in [-0.2, 0) is 11.3 Å². The van der Waals surface area contributed by atoms with E-state index in [1.807, 2.05) is 11.6 Å². The summed E-state index contributed by atoms with van der Waals surface area (Å²) in [4.78, 5) is 11.2. The van der Waals surface area contributed by atoms with Crippen molar-refractivity contribution in [3.63, 3.8) is 0 Å². The van der Waals surface area contributed by atoms with Gasteiger partial charge in [-0.05, 0) is 47.0 Å². The first kappa shape index (κ1) is 16.0. The standard InChI is InChI=1S/C16H27N3O2/c1-5-19-12(4)15(11(3)18-19)10(2)17-14-8-6-7-13(9-14)16(20)21/h10,13-14,17H,5-9H2,1-4H3,(H,20,21). The molecule has 2 N–H and O–H groups in total. The molecule has 118 valence electrons. The molecule has 0 radical (unpaired) electrons. The second-order valence-corrected chi connectivity index (χ2v) is 6.19. The van der Waals surface area contributed by atoms with Crippen LogP contribution < -0.4 is 5.32 Å². The number of nitrogens with one attached hydrogen (secondary N) is 1. The molecule has 0 spiro atoms. The first-order valence-corrected chi connectivity index (χ1v) is 7.96. The van der Waals surface area contributed by atoms with Gasteiger partial charge in [-0.25, -0.2) is 0 Å². The van der Waals surface area contributed by atoms with Crippen molar-refractivity contribution in [1.29, 1.82) is 0 Å². The third-order valence-corrected chi connectivity index (χ3v) is 4.68. The lowest BCUT2D eigenvalue weighted by molar-refractivity contribution is -0.143. The van der Waals surface area contributed by atoms with Gasteiger partial charge in [0, 0.05) is 29.9 Å². The number of nitrogens with zero attached hydrogens (tertiary/aromatic N) is 2. The maximum Gasteiger partial charge on any atom is 0.306 e. The van der Waals surface area contributed by atoms with E-state index in [2.05, 4.69) is 31.2 Å². The molecular formula is C16H27N3O2. The van der Waals surface area contributed by atoms with Crippen molar-refractivity contribution in [2.75, 3.05) is 0 Å². The highest BCUT2D eigenvalue weighted by molar-refractivity contribution is 5.70. The highest BCUT2D eigenvalue weighted by atomic mass is 16.4. The number of aromatic nitrogens is 2. The van der Waals surface area contributed by atoms with Crippen molar-refractivity contribution in [3.05, 3.63) is 17.0 Å². The molecule has 21 heavy (non-hydrogen) atoms. The normalized spacial score (nSPS) is 24.0. The first-order valence-electron chi connectivity index (χ1n) is 7.96. The Hall–Kier alpha value is -1.36. The van der Waals surface area contributed by atoms with Gasteiger partial charge in [-0.15, -0.1) is 0 Å². The van der Waals surface area contributed by atoms with Gasteiger partial charge in [0.2, 0.25) is 0 Å². The molecule has 1 saturated carbocycles. The van der Waals surface area contributed by atoms with E-state index in [9.17, 15) is 9.90 Å². The highest BCUT2D eigenvalue weighted by Gasteiger charge is 2.28. The quantitative estimate of drug-likeness (QED) is 0.876. The monoisotopic (exact) mass is 293 g/mol. The molecule has 1 fully saturated rings. The van der Waals surface area contributed by atoms with Gasteiger partial charge in [0.25, 0.3) is 0 Å². The molecule has 1 aliphatic rings. The van der Waals surface area contributed by atoms with E-state index in [1.54, 1.807) is 0 Å². The molecule has 2 rings (SSSR count). The minimum atomic E-state index is -0.652. The van der Waals surface area contributed by atoms with Crippen LogP contribution in [0.25, 0.3) is 0 Å². The SMILES string of the molecule is CCn1nc(C)c(C(C)NC2CCCC(C(=O)O)C2)c1C. The van der Waals surface area contributed by atoms with E-state index in [0.717, 1.165) is 37.9 Å². The summed E-state index contributed by atoms with van der Waals surface area (Å²) in [5, 5.41) is 17.4. The van der Waals surface area contributed by atoms with Crippen LogP contribution in [0.15, 0.2) is 0 Å². The molecule has 1 heterocycles. The van der Waals surface area contributed by atoms with Gasteiger partial charge in [-0.2, -0.15) is 5.10 Å². The van der Waals surface area contributed by atoms with Crippen molar-refractivity contribution < 1.29 is 9.90 Å². The lowest BCUT2D eigenvalue weighted by atomic mass is 9.85. The maximum atomic E-state index is 11.2. The molecule has 1 aromatic heterocycles. The van der Waals surface area contributed by atoms with Crippen molar-refractivity contribution in [2.45, 2.75) is 72.0 Å². The van der Waals surface area contributed by atoms with E-state index < -0.39 is 5.97 Å². The lowest BCUT2D eigenvalue weighted by Crippen LogP contribution is -2.38. The predicted molar refractivity (Wildman–Crippen MR) is 82.3 cm³/mol. The second-order valence-electron chi connectivity index (χ2n) is 6.19. The molecule has 0 saturated heterocycles. The molecule has 0 aromatic carbocycles. The molecule has 1 aromatic rings. The van der Waals surface area contributed by atoms with Crippen molar-refractivity contribution in [1.82, 2.24) is 15.1 Å². The van der Waals surface area contributed by atoms with Crippen molar-refractivity contribution >= 4 is 5.97 Å². The van der Waals surface area contributed by atoms with Gasteiger partial charge in [-0.1, -0.05) is 6.42 Å². The van der Waals surface area contributed by atoms with Gasteiger partial charge < -0.3 is 10.4 Å². The Labute approximate surface area is 126 Å². The molecule has 5 nitrogen and oxygen atoms in total. The predicted octanol–water partition coefficient (Wildman–Crippen LogP) is 2.81. The number of carboxylic acids is 1. The average molecular weight is 293 g/mol. The van der Waals surface area contributed by atoms with E-state index in [0.29, 0.717) is 6.04 Å². The number of carboxylic acid groups (broad SMARTS) is 1. The zero-order valence-electron chi connectivity index (χ0n) is 13.5. The minimum absolute atomic E-state index is 0.191. The topological polar surface area (TPSA) is 67.2 Å². The van der Waals surface area contributed by atoms with Gasteiger partial charge in [0.05, 0.1) is 11.6 Å². The van der Waals surface area contributed by atoms with Gasteiger partial charge in [-0.3, -0.25) is 9.48 Å². The molecular weight excluding hydrogens is 266 g/mol. The Kier molecular flexibility index (Phi) is 5.04. The zero-order valence-corrected chi connectivity index (χ0v) is 13.5. The Morgan fingerprint density at radius 3 is 2.76 bits per heavy atom. The third-order valence-electron chi connectivity index (χ3n) is 4.68. The highest BCUT2D eigenvalue weighted by Crippen LogP contribution is 2.28. The Bertz CT molecular complexity index is 510. The summed E-state index contributed by atoms with van der Waals surface area (Å²) in [6.45, 7) is 9.29. The summed E-state index contributed by atoms with van der Waals surface area (Å²) in [7, 11) is 0. The van der Waals surface area contributed by atoms with Crippen LogP contribution in [0.1, 0.15) is 62.5 Å². The number of rotatable bonds is 5. The average Bonchev–Trinajstić information content (AvgIpc) is 2.73. The van der Waals surface area contributed by atoms with Gasteiger partial charge in [0.15, 0.2) is 0 Å². The minimum Gasteiger partial charge on any atom is -0.481 e. The van der Waals surface area contributed by atoms with E-state index >= 15 is 0 Å². The van der Waals surface area contributed by atoms with E-state index in [1.165, 1.54) is 11.3 Å². The van der Waals surface area contributed by atoms with E-state index in [-0.39, 0.29) is 12.0 Å². The van der Waals surface area contributed by atoms with Crippen LogP contribution in [0.3, 0.4) is 0 Å². The molecule has 0 amide bonds. The van der Waals surface area contributed by atoms with Crippen LogP contribution in [-0.4, -0.2) is 26.9 Å². The number of aliphatic carboxylic acids is 1. The van der Waals surface area contributed by atoms with Crippen LogP contribution in [0.5, 0.6) is 0 Å². The summed E-state index contributed by atoms with van der Waals surface area (Å²) in [6, 6.07) is 0.501. The Morgan fingerprint density at radius 1 is 1.48 bits per heavy atom. The van der Waals surface area contributed by atoms with Crippen molar-refractivity contribution in [2.24, 2.45) is 5.92 Å². The molecule has 5 heteroatoms. The fourth-order valence-corrected chi connectivity index (χ4v) is 3.65. The smallest absolute Gasteiger partial charge is 0.306 e. The second kappa shape index (κ2) is 6.60. The van der Waals surface area contributed by atoms with Crippen LogP contribution >= 0.6 is 0 Å². The summed E-state index contributed by atoms with van der Waals surface area (Å²) >= 11 is 0. The molecule has 3 unspecified atom stereocenters. The molecule has 3 atom stereocenters. The fourth-order valence-electron chi connectivity index (χ4n) is 3.65. The van der Waals surface area contributed by atoms with Crippen molar-refractivity contribution in [3.8, 4) is 0 Å². The maximum absolute atomic E-state index is 11.2. The van der Waals surface area contributed by atoms with Crippen LogP contribution in [0.4, 0.5) is 0 Å². The largest absolute Gasteiger partial charge is 0.481 e. The molecule has 0 bridgehead atoms. The summed E-state index contributed by atoms with van der Waals surface area (Å²) in [6.07, 6.45) is 3.61. The van der Waals surface area contributed by atoms with Crippen LogP contribution in [0.2, 0.25) is 0 Å². The van der Waals surface area contributed by atoms with Gasteiger partial charge >= 0.3 is 5.97 Å². The van der Waals surface area contributed by atoms with E-state index in [4.69, 9.17) is 0 Å². The lowest BCUT2D eigenvalue weighted by Gasteiger charge is -2.30. The Balaban J connectivity index is 2.06. The number of hydrogen-bond acceptors (Lipinski definition) is 3. The molecule has 1 aliphatic carbocycles. The Morgan fingerprint density at radius 2 is 2.19 bits per heavy atom. The fraction of sp³-hybridized carbons (Fsp3) is 0.750. The zero-order chi connectivity index (χ0) is 15.6. The first-order chi connectivity index (χ1) is 9.93. The molecule has 0 aliphatic heterocycles.